The molecule has 1 aromatic heterocycles. The number of benzene rings is 2. The molecule has 1 fully saturated rings. The van der Waals surface area contributed by atoms with E-state index in [1.807, 2.05) is 73.6 Å². The number of anilines is 1. The molecule has 3 aromatic rings. The number of hydrogen-bond donors (Lipinski definition) is 2. The first-order valence-electron chi connectivity index (χ1n) is 13.6. The van der Waals surface area contributed by atoms with Crippen LogP contribution in [0.3, 0.4) is 0 Å². The average Bonchev–Trinajstić information content (AvgIpc) is 3.60. The number of aromatic nitrogens is 2. The summed E-state index contributed by atoms with van der Waals surface area (Å²) in [6.45, 7) is 9.76. The van der Waals surface area contributed by atoms with Gasteiger partial charge < -0.3 is 25.6 Å². The fourth-order valence-electron chi connectivity index (χ4n) is 4.82. The third kappa shape index (κ3) is 8.23. The van der Waals surface area contributed by atoms with E-state index in [2.05, 4.69) is 22.5 Å². The Balaban J connectivity index is 0.000000225. The van der Waals surface area contributed by atoms with Crippen LogP contribution in [0.15, 0.2) is 85.2 Å². The Morgan fingerprint density at radius 1 is 1.17 bits per heavy atom. The first-order valence-corrected chi connectivity index (χ1v) is 13.6. The molecule has 1 amide bonds. The van der Waals surface area contributed by atoms with Gasteiger partial charge in [0.1, 0.15) is 11.6 Å². The van der Waals surface area contributed by atoms with Crippen LogP contribution < -0.4 is 11.1 Å². The van der Waals surface area contributed by atoms with E-state index in [-0.39, 0.29) is 5.82 Å². The van der Waals surface area contributed by atoms with Crippen molar-refractivity contribution in [3.63, 3.8) is 0 Å². The van der Waals surface area contributed by atoms with Gasteiger partial charge in [-0.15, -0.1) is 0 Å². The molecule has 2 aliphatic heterocycles. The Morgan fingerprint density at radius 3 is 2.59 bits per heavy atom. The van der Waals surface area contributed by atoms with Crippen molar-refractivity contribution in [3.05, 3.63) is 108 Å². The standard InChI is InChI=1S/C18H18N4O.C13H18FNO.CH5N/c1-13-9-10-15(11-21(13)3)17-14(2)18(19-12-23)22(20-17)16-7-5-4-6-8-16;1-16-8-7-15-6-5-12(10-15)11-3-2-4-13(14)9-11;1-2/h4-12H,1H2,2-3H3,(H,19,23);2-4,9,12H,5-8,10H2,1H3;2H2,1H3. The van der Waals surface area contributed by atoms with Crippen LogP contribution >= 0.6 is 0 Å². The predicted molar refractivity (Wildman–Crippen MR) is 164 cm³/mol. The summed E-state index contributed by atoms with van der Waals surface area (Å²) >= 11 is 0. The second kappa shape index (κ2) is 15.7. The number of nitrogens with zero attached hydrogens (tertiary/aromatic N) is 4. The van der Waals surface area contributed by atoms with E-state index in [1.54, 1.807) is 23.9 Å². The van der Waals surface area contributed by atoms with Gasteiger partial charge in [-0.05, 0) is 74.8 Å². The smallest absolute Gasteiger partial charge is 0.212 e. The SMILES string of the molecule is C=C1C=CC(c2nn(-c3ccccc3)c(NC=O)c2C)=CN1C.CN.COCCN1CCC(c2cccc(F)c2)C1. The highest BCUT2D eigenvalue weighted by Crippen LogP contribution is 2.30. The number of nitrogens with one attached hydrogen (secondary N) is 1. The molecule has 2 aliphatic rings. The van der Waals surface area contributed by atoms with Gasteiger partial charge in [0.25, 0.3) is 0 Å². The number of halogens is 1. The maximum atomic E-state index is 13.1. The number of ether oxygens (including phenoxy) is 1. The molecule has 0 aliphatic carbocycles. The third-order valence-corrected chi connectivity index (χ3v) is 7.04. The van der Waals surface area contributed by atoms with E-state index in [0.717, 1.165) is 66.4 Å². The molecule has 3 N–H and O–H groups in total. The molecule has 218 valence electrons. The van der Waals surface area contributed by atoms with Crippen LogP contribution in [0.2, 0.25) is 0 Å². The topological polar surface area (TPSA) is 88.7 Å². The molecule has 9 heteroatoms. The van der Waals surface area contributed by atoms with Gasteiger partial charge in [0.15, 0.2) is 0 Å². The Hall–Kier alpha value is -4.05. The largest absolute Gasteiger partial charge is 0.383 e. The van der Waals surface area contributed by atoms with Crippen LogP contribution in [0.1, 0.15) is 29.2 Å². The van der Waals surface area contributed by atoms with E-state index >= 15 is 0 Å². The highest BCUT2D eigenvalue weighted by molar-refractivity contribution is 5.81. The second-order valence-corrected chi connectivity index (χ2v) is 9.69. The molecule has 0 bridgehead atoms. The van der Waals surface area contributed by atoms with Gasteiger partial charge in [-0.3, -0.25) is 4.79 Å². The summed E-state index contributed by atoms with van der Waals surface area (Å²) in [6, 6.07) is 16.7. The minimum absolute atomic E-state index is 0.132. The molecule has 0 radical (unpaired) electrons. The first kappa shape index (κ1) is 31.5. The van der Waals surface area contributed by atoms with Gasteiger partial charge in [0, 0.05) is 50.3 Å². The number of likely N-dealkylation sites (tertiary alicyclic amines) is 1. The van der Waals surface area contributed by atoms with Gasteiger partial charge in [0.2, 0.25) is 6.41 Å². The molecule has 41 heavy (non-hydrogen) atoms. The maximum Gasteiger partial charge on any atom is 0.212 e. The van der Waals surface area contributed by atoms with Crippen molar-refractivity contribution in [2.45, 2.75) is 19.3 Å². The number of carbonyl (C=O) groups is 1. The molecule has 2 aromatic carbocycles. The van der Waals surface area contributed by atoms with Crippen LogP contribution in [-0.2, 0) is 9.53 Å². The lowest BCUT2D eigenvalue weighted by molar-refractivity contribution is -0.105. The van der Waals surface area contributed by atoms with E-state index in [9.17, 15) is 9.18 Å². The number of hydrogen-bond acceptors (Lipinski definition) is 6. The minimum atomic E-state index is -0.132. The molecule has 0 saturated carbocycles. The predicted octanol–water partition coefficient (Wildman–Crippen LogP) is 4.94. The van der Waals surface area contributed by atoms with Crippen molar-refractivity contribution >= 4 is 17.8 Å². The van der Waals surface area contributed by atoms with Crippen molar-refractivity contribution in [2.24, 2.45) is 5.73 Å². The number of allylic oxidation sites excluding steroid dienone is 3. The van der Waals surface area contributed by atoms with Crippen LogP contribution in [0, 0.1) is 12.7 Å². The molecule has 5 rings (SSSR count). The zero-order valence-corrected chi connectivity index (χ0v) is 24.4. The Morgan fingerprint density at radius 2 is 1.93 bits per heavy atom. The van der Waals surface area contributed by atoms with Gasteiger partial charge in [-0.25, -0.2) is 9.07 Å². The fourth-order valence-corrected chi connectivity index (χ4v) is 4.82. The fraction of sp³-hybridized carbons (Fsp3) is 0.312. The Kier molecular flexibility index (Phi) is 12.0. The number of carbonyl (C=O) groups excluding carboxylic acids is 1. The van der Waals surface area contributed by atoms with Crippen LogP contribution in [0.5, 0.6) is 0 Å². The normalized spacial score (nSPS) is 16.3. The molecular formula is C32H41FN6O2. The van der Waals surface area contributed by atoms with Crippen molar-refractivity contribution in [3.8, 4) is 5.69 Å². The lowest BCUT2D eigenvalue weighted by Crippen LogP contribution is -2.24. The highest BCUT2D eigenvalue weighted by Gasteiger charge is 2.23. The summed E-state index contributed by atoms with van der Waals surface area (Å²) in [4.78, 5) is 15.3. The maximum absolute atomic E-state index is 13.1. The summed E-state index contributed by atoms with van der Waals surface area (Å²) in [6.07, 6.45) is 7.71. The lowest BCUT2D eigenvalue weighted by Gasteiger charge is -2.19. The van der Waals surface area contributed by atoms with Gasteiger partial charge >= 0.3 is 0 Å². The summed E-state index contributed by atoms with van der Waals surface area (Å²) in [5, 5.41) is 7.46. The molecule has 1 saturated heterocycles. The van der Waals surface area contributed by atoms with Crippen molar-refractivity contribution < 1.29 is 13.9 Å². The highest BCUT2D eigenvalue weighted by atomic mass is 19.1. The molecular weight excluding hydrogens is 519 g/mol. The first-order chi connectivity index (χ1) is 19.9. The quantitative estimate of drug-likeness (QED) is 0.380. The number of methoxy groups -OCH3 is 1. The lowest BCUT2D eigenvalue weighted by atomic mass is 9.98. The van der Waals surface area contributed by atoms with Gasteiger partial charge in [-0.1, -0.05) is 36.9 Å². The van der Waals surface area contributed by atoms with E-state index < -0.39 is 0 Å². The molecule has 0 spiro atoms. The number of likely N-dealkylation sites (N-methyl/N-ethyl adjacent to an activating group) is 1. The minimum Gasteiger partial charge on any atom is -0.383 e. The number of para-hydroxylation sites is 1. The zero-order chi connectivity index (χ0) is 29.8. The number of rotatable bonds is 8. The van der Waals surface area contributed by atoms with Crippen LogP contribution in [0.4, 0.5) is 10.2 Å². The molecule has 8 nitrogen and oxygen atoms in total. The monoisotopic (exact) mass is 560 g/mol. The average molecular weight is 561 g/mol. The van der Waals surface area contributed by atoms with E-state index in [1.165, 1.54) is 13.1 Å². The van der Waals surface area contributed by atoms with Crippen molar-refractivity contribution in [2.75, 3.05) is 52.8 Å². The second-order valence-electron chi connectivity index (χ2n) is 9.69. The summed E-state index contributed by atoms with van der Waals surface area (Å²) in [5.41, 5.74) is 10.2. The summed E-state index contributed by atoms with van der Waals surface area (Å²) < 4.78 is 19.9. The summed E-state index contributed by atoms with van der Waals surface area (Å²) in [7, 11) is 5.17. The van der Waals surface area contributed by atoms with Crippen molar-refractivity contribution in [1.29, 1.82) is 0 Å². The molecule has 1 atom stereocenters. The van der Waals surface area contributed by atoms with Crippen LogP contribution in [0.25, 0.3) is 11.3 Å². The van der Waals surface area contributed by atoms with Crippen molar-refractivity contribution in [1.82, 2.24) is 19.6 Å². The Labute approximate surface area is 242 Å². The van der Waals surface area contributed by atoms with E-state index in [4.69, 9.17) is 9.84 Å². The van der Waals surface area contributed by atoms with Gasteiger partial charge in [-0.2, -0.15) is 5.10 Å². The number of amides is 1. The van der Waals surface area contributed by atoms with Gasteiger partial charge in [0.05, 0.1) is 18.0 Å². The summed E-state index contributed by atoms with van der Waals surface area (Å²) in [5.74, 6) is 1.02. The van der Waals surface area contributed by atoms with E-state index in [0.29, 0.717) is 18.1 Å². The zero-order valence-electron chi connectivity index (χ0n) is 24.4. The molecule has 3 heterocycles. The number of nitrogens with two attached hydrogens (primary N) is 1. The van der Waals surface area contributed by atoms with Crippen LogP contribution in [-0.4, -0.2) is 73.4 Å². The molecule has 1 unspecified atom stereocenters. The third-order valence-electron chi connectivity index (χ3n) is 7.04. The Bertz CT molecular complexity index is 1350.